The number of hydrogen-bond acceptors (Lipinski definition) is 2. The number of carbonyl (C=O) groups excluding carboxylic acids is 1. The monoisotopic (exact) mass is 259 g/mol. The van der Waals surface area contributed by atoms with Crippen LogP contribution < -0.4 is 5.32 Å². The van der Waals surface area contributed by atoms with Crippen LogP contribution in [-0.4, -0.2) is 29.2 Å². The van der Waals surface area contributed by atoms with E-state index < -0.39 is 0 Å². The van der Waals surface area contributed by atoms with E-state index >= 15 is 0 Å². The molecular weight excluding hydrogens is 238 g/mol. The van der Waals surface area contributed by atoms with Crippen LogP contribution in [0.4, 0.5) is 0 Å². The van der Waals surface area contributed by atoms with E-state index in [0.717, 1.165) is 18.5 Å². The molecule has 19 heavy (non-hydrogen) atoms. The molecular formula is C15H21N3O. The molecule has 2 rings (SSSR count). The molecule has 1 unspecified atom stereocenters. The minimum atomic E-state index is 0.0677. The first-order valence-corrected chi connectivity index (χ1v) is 6.83. The van der Waals surface area contributed by atoms with Gasteiger partial charge in [0.05, 0.1) is 0 Å². The molecule has 1 amide bonds. The van der Waals surface area contributed by atoms with E-state index in [9.17, 15) is 4.79 Å². The average molecular weight is 259 g/mol. The Morgan fingerprint density at radius 3 is 2.89 bits per heavy atom. The normalized spacial score (nSPS) is 15.3. The zero-order chi connectivity index (χ0) is 13.8. The third kappa shape index (κ3) is 3.13. The van der Waals surface area contributed by atoms with Crippen molar-refractivity contribution in [2.24, 2.45) is 0 Å². The number of hydrogen-bond donors (Lipinski definition) is 2. The molecule has 4 heteroatoms. The van der Waals surface area contributed by atoms with Gasteiger partial charge in [0.2, 0.25) is 5.91 Å². The number of amides is 1. The van der Waals surface area contributed by atoms with Gasteiger partial charge >= 0.3 is 0 Å². The summed E-state index contributed by atoms with van der Waals surface area (Å²) in [5.41, 5.74) is 2.17. The lowest BCUT2D eigenvalue weighted by Gasteiger charge is -2.18. The lowest BCUT2D eigenvalue weighted by Crippen LogP contribution is -2.35. The highest BCUT2D eigenvalue weighted by molar-refractivity contribution is 6.00. The van der Waals surface area contributed by atoms with Gasteiger partial charge in [-0.05, 0) is 18.9 Å². The van der Waals surface area contributed by atoms with Crippen LogP contribution >= 0.6 is 0 Å². The summed E-state index contributed by atoms with van der Waals surface area (Å²) in [5.74, 6) is 0.602. The van der Waals surface area contributed by atoms with Gasteiger partial charge in [-0.3, -0.25) is 10.2 Å². The highest BCUT2D eigenvalue weighted by Crippen LogP contribution is 2.22. The molecule has 1 aliphatic rings. The van der Waals surface area contributed by atoms with Crippen molar-refractivity contribution >= 4 is 11.7 Å². The molecule has 0 saturated heterocycles. The summed E-state index contributed by atoms with van der Waals surface area (Å²) < 4.78 is 0. The second kappa shape index (κ2) is 5.87. The standard InChI is InChI=1S/C15H21N3O/c1-3-11(2)17-14(19)8-9-18-10-12-6-4-5-7-13(12)15(18)16/h4-7,11,16H,3,8-10H2,1-2H3,(H,17,19). The second-order valence-electron chi connectivity index (χ2n) is 5.05. The van der Waals surface area contributed by atoms with E-state index in [1.165, 1.54) is 5.56 Å². The number of benzene rings is 1. The molecule has 1 aliphatic heterocycles. The minimum Gasteiger partial charge on any atom is -0.354 e. The second-order valence-corrected chi connectivity index (χ2v) is 5.05. The van der Waals surface area contributed by atoms with E-state index in [0.29, 0.717) is 18.8 Å². The molecule has 0 spiro atoms. The Labute approximate surface area is 114 Å². The summed E-state index contributed by atoms with van der Waals surface area (Å²) in [4.78, 5) is 13.7. The summed E-state index contributed by atoms with van der Waals surface area (Å²) in [5, 5.41) is 11.1. The Morgan fingerprint density at radius 2 is 2.21 bits per heavy atom. The molecule has 0 radical (unpaired) electrons. The highest BCUT2D eigenvalue weighted by Gasteiger charge is 2.23. The largest absolute Gasteiger partial charge is 0.354 e. The Kier molecular flexibility index (Phi) is 4.20. The van der Waals surface area contributed by atoms with Crippen molar-refractivity contribution < 1.29 is 4.79 Å². The van der Waals surface area contributed by atoms with Crippen molar-refractivity contribution in [2.45, 2.75) is 39.3 Å². The summed E-state index contributed by atoms with van der Waals surface area (Å²) in [7, 11) is 0. The molecule has 2 N–H and O–H groups in total. The van der Waals surface area contributed by atoms with Crippen molar-refractivity contribution in [1.82, 2.24) is 10.2 Å². The van der Waals surface area contributed by atoms with E-state index in [1.54, 1.807) is 0 Å². The van der Waals surface area contributed by atoms with E-state index in [2.05, 4.69) is 12.2 Å². The van der Waals surface area contributed by atoms with Crippen LogP contribution in [0.2, 0.25) is 0 Å². The van der Waals surface area contributed by atoms with Crippen molar-refractivity contribution in [3.8, 4) is 0 Å². The maximum absolute atomic E-state index is 11.7. The number of rotatable bonds is 5. The van der Waals surface area contributed by atoms with E-state index in [1.807, 2.05) is 36.1 Å². The zero-order valence-corrected chi connectivity index (χ0v) is 11.6. The SMILES string of the molecule is CCC(C)NC(=O)CCN1Cc2ccccc2C1=N. The maximum atomic E-state index is 11.7. The summed E-state index contributed by atoms with van der Waals surface area (Å²) in [6.45, 7) is 5.41. The fourth-order valence-electron chi connectivity index (χ4n) is 2.22. The van der Waals surface area contributed by atoms with Crippen LogP contribution in [0.25, 0.3) is 0 Å². The molecule has 1 heterocycles. The topological polar surface area (TPSA) is 56.2 Å². The van der Waals surface area contributed by atoms with Gasteiger partial charge in [0.25, 0.3) is 0 Å². The quantitative estimate of drug-likeness (QED) is 0.851. The van der Waals surface area contributed by atoms with Crippen molar-refractivity contribution in [3.63, 3.8) is 0 Å². The van der Waals surface area contributed by atoms with Gasteiger partial charge in [-0.1, -0.05) is 31.2 Å². The van der Waals surface area contributed by atoms with Gasteiger partial charge < -0.3 is 10.2 Å². The van der Waals surface area contributed by atoms with Crippen LogP contribution in [0.5, 0.6) is 0 Å². The maximum Gasteiger partial charge on any atom is 0.221 e. The molecule has 0 bridgehead atoms. The molecule has 1 aromatic carbocycles. The number of fused-ring (bicyclic) bond motifs is 1. The number of amidine groups is 1. The van der Waals surface area contributed by atoms with Gasteiger partial charge in [-0.2, -0.15) is 0 Å². The van der Waals surface area contributed by atoms with Gasteiger partial charge in [-0.25, -0.2) is 0 Å². The summed E-state index contributed by atoms with van der Waals surface area (Å²) >= 11 is 0. The third-order valence-electron chi connectivity index (χ3n) is 3.58. The first kappa shape index (κ1) is 13.6. The van der Waals surface area contributed by atoms with Gasteiger partial charge in [0.1, 0.15) is 5.84 Å². The Morgan fingerprint density at radius 1 is 1.47 bits per heavy atom. The number of carbonyl (C=O) groups is 1. The smallest absolute Gasteiger partial charge is 0.221 e. The highest BCUT2D eigenvalue weighted by atomic mass is 16.1. The summed E-state index contributed by atoms with van der Waals surface area (Å²) in [6, 6.07) is 8.18. The molecule has 102 valence electrons. The first-order valence-electron chi connectivity index (χ1n) is 6.83. The van der Waals surface area contributed by atoms with Crippen molar-refractivity contribution in [2.75, 3.05) is 6.54 Å². The molecule has 0 aromatic heterocycles. The predicted molar refractivity (Wildman–Crippen MR) is 76.2 cm³/mol. The van der Waals surface area contributed by atoms with Crippen molar-refractivity contribution in [3.05, 3.63) is 35.4 Å². The number of nitrogens with zero attached hydrogens (tertiary/aromatic N) is 1. The van der Waals surface area contributed by atoms with Gasteiger partial charge in [0, 0.05) is 31.1 Å². The molecule has 0 saturated carbocycles. The Balaban J connectivity index is 1.86. The van der Waals surface area contributed by atoms with Crippen LogP contribution in [0.1, 0.15) is 37.8 Å². The molecule has 0 aliphatic carbocycles. The zero-order valence-electron chi connectivity index (χ0n) is 11.6. The van der Waals surface area contributed by atoms with E-state index in [-0.39, 0.29) is 11.9 Å². The lowest BCUT2D eigenvalue weighted by molar-refractivity contribution is -0.121. The minimum absolute atomic E-state index is 0.0677. The fraction of sp³-hybridized carbons (Fsp3) is 0.467. The number of nitrogens with one attached hydrogen (secondary N) is 2. The third-order valence-corrected chi connectivity index (χ3v) is 3.58. The van der Waals surface area contributed by atoms with Crippen molar-refractivity contribution in [1.29, 1.82) is 5.41 Å². The average Bonchev–Trinajstić information content (AvgIpc) is 2.73. The molecule has 1 aromatic rings. The lowest BCUT2D eigenvalue weighted by atomic mass is 10.1. The fourth-order valence-corrected chi connectivity index (χ4v) is 2.22. The van der Waals surface area contributed by atoms with E-state index in [4.69, 9.17) is 5.41 Å². The van der Waals surface area contributed by atoms with Crippen LogP contribution in [0, 0.1) is 5.41 Å². The summed E-state index contributed by atoms with van der Waals surface area (Å²) in [6.07, 6.45) is 1.39. The Bertz CT molecular complexity index is 484. The first-order chi connectivity index (χ1) is 9.11. The molecule has 1 atom stereocenters. The molecule has 0 fully saturated rings. The van der Waals surface area contributed by atoms with Crippen LogP contribution in [0.15, 0.2) is 24.3 Å². The predicted octanol–water partition coefficient (Wildman–Crippen LogP) is 2.13. The van der Waals surface area contributed by atoms with Gasteiger partial charge in [-0.15, -0.1) is 0 Å². The van der Waals surface area contributed by atoms with Gasteiger partial charge in [0.15, 0.2) is 0 Å². The Hall–Kier alpha value is -1.84. The van der Waals surface area contributed by atoms with Crippen LogP contribution in [-0.2, 0) is 11.3 Å². The van der Waals surface area contributed by atoms with Crippen LogP contribution in [0.3, 0.4) is 0 Å². The molecule has 4 nitrogen and oxygen atoms in total.